The third-order valence-electron chi connectivity index (χ3n) is 0. The van der Waals surface area contributed by atoms with E-state index in [1.807, 2.05) is 0 Å². The van der Waals surface area contributed by atoms with Gasteiger partial charge in [0.15, 0.2) is 0 Å². The Morgan fingerprint density at radius 2 is 1.00 bits per heavy atom. The second kappa shape index (κ2) is 23.3. The van der Waals surface area contributed by atoms with Gasteiger partial charge in [-0.15, -0.1) is 0 Å². The maximum Gasteiger partial charge on any atom is 0 e. The van der Waals surface area contributed by atoms with Gasteiger partial charge in [-0.05, 0) is 0 Å². The fourth-order valence-electron chi connectivity index (χ4n) is 0. The topological polar surface area (TPSA) is 0 Å². The summed E-state index contributed by atoms with van der Waals surface area (Å²) in [5.74, 6) is 0. The first-order valence-electron chi connectivity index (χ1n) is 0. The average Bonchev–Trinajstić information content (AvgIpc) is 0. The summed E-state index contributed by atoms with van der Waals surface area (Å²) in [6.45, 7) is 0. The molecule has 6 radical (unpaired) electrons. The molecule has 0 unspecified atom stereocenters. The molecule has 0 bridgehead atoms. The predicted molar refractivity (Wildman–Crippen MR) is 17.3 cm³/mol. The quantitative estimate of drug-likeness (QED) is 0.435. The fourth-order valence-corrected chi connectivity index (χ4v) is 0. The Morgan fingerprint density at radius 3 is 1.00 bits per heavy atom. The third-order valence-corrected chi connectivity index (χ3v) is 0. The molecular weight excluding hydrogens is 420 g/mol. The van der Waals surface area contributed by atoms with Gasteiger partial charge >= 0.3 is 0 Å². The Balaban J connectivity index is 0. The average molecular weight is 420 g/mol. The molecule has 0 nitrogen and oxygen atoms in total. The van der Waals surface area contributed by atoms with Crippen LogP contribution in [0.5, 0.6) is 0 Å². The smallest absolute Gasteiger partial charge is 0 e. The van der Waals surface area contributed by atoms with Gasteiger partial charge in [0.2, 0.25) is 0 Å². The summed E-state index contributed by atoms with van der Waals surface area (Å²) in [6.07, 6.45) is 0. The molecule has 5 heteroatoms. The van der Waals surface area contributed by atoms with Crippen molar-refractivity contribution in [3.63, 3.8) is 0 Å². The predicted octanol–water partition coefficient (Wildman–Crippen LogP) is -1.15. The van der Waals surface area contributed by atoms with Gasteiger partial charge in [0.05, 0.1) is 0 Å². The zero-order valence-electron chi connectivity index (χ0n) is 3.25. The van der Waals surface area contributed by atoms with E-state index in [1.165, 1.54) is 0 Å². The van der Waals surface area contributed by atoms with E-state index in [0.29, 0.717) is 0 Å². The molecule has 0 N–H and O–H groups in total. The Morgan fingerprint density at radius 1 is 1.00 bits per heavy atom. The Hall–Kier alpha value is 4.78. The van der Waals surface area contributed by atoms with Crippen LogP contribution in [0.4, 0.5) is 0 Å². The maximum atomic E-state index is 0. The minimum Gasteiger partial charge on any atom is 0 e. The zero-order valence-corrected chi connectivity index (χ0v) is 15.2. The standard InChI is InChI=1S/Bi.Fe.K.Na.Nb. The zero-order chi connectivity index (χ0) is 0. The fraction of sp³-hybridized carbons (Fsp3) is 0. The van der Waals surface area contributed by atoms with Crippen molar-refractivity contribution in [1.29, 1.82) is 0 Å². The first-order chi connectivity index (χ1) is 0. The monoisotopic (exact) mass is 420 g/mol. The summed E-state index contributed by atoms with van der Waals surface area (Å²) in [4.78, 5) is 0. The first-order valence-corrected chi connectivity index (χ1v) is 0. The minimum absolute atomic E-state index is 0. The molecule has 0 saturated carbocycles. The van der Waals surface area contributed by atoms with Gasteiger partial charge < -0.3 is 0 Å². The summed E-state index contributed by atoms with van der Waals surface area (Å²) in [7, 11) is 0. The van der Waals surface area contributed by atoms with Crippen LogP contribution in [0, 0.1) is 0 Å². The van der Waals surface area contributed by atoms with Crippen LogP contribution in [0.3, 0.4) is 0 Å². The maximum absolute atomic E-state index is 0. The molecule has 0 heterocycles. The molecule has 0 spiro atoms. The van der Waals surface area contributed by atoms with Crippen LogP contribution in [0.25, 0.3) is 0 Å². The van der Waals surface area contributed by atoms with Gasteiger partial charge in [-0.3, -0.25) is 0 Å². The molecule has 20 valence electrons. The van der Waals surface area contributed by atoms with Crippen molar-refractivity contribution in [3.8, 4) is 0 Å². The molecule has 5 heavy (non-hydrogen) atoms. The van der Waals surface area contributed by atoms with Gasteiger partial charge in [-0.25, -0.2) is 0 Å². The van der Waals surface area contributed by atoms with Gasteiger partial charge in [0.1, 0.15) is 0 Å². The van der Waals surface area contributed by atoms with Gasteiger partial charge in [-0.1, -0.05) is 0 Å². The molecule has 0 aromatic rings. The molecule has 0 amide bonds. The molecule has 0 rings (SSSR count). The first kappa shape index (κ1) is 33.0. The van der Waals surface area contributed by atoms with Crippen LogP contribution in [0.2, 0.25) is 0 Å². The van der Waals surface area contributed by atoms with Crippen molar-refractivity contribution in [2.45, 2.75) is 0 Å². The number of rotatable bonds is 0. The summed E-state index contributed by atoms with van der Waals surface area (Å²) < 4.78 is 0. The molecule has 0 aromatic heterocycles. The van der Waals surface area contributed by atoms with Crippen LogP contribution < -0.4 is 0 Å². The minimum atomic E-state index is 0. The Bertz CT molecular complexity index is 11.6. The van der Waals surface area contributed by atoms with E-state index in [9.17, 15) is 0 Å². The molecule has 0 aromatic carbocycles. The van der Waals surface area contributed by atoms with Crippen LogP contribution >= 0.6 is 0 Å². The second-order valence-corrected chi connectivity index (χ2v) is 0. The van der Waals surface area contributed by atoms with Crippen molar-refractivity contribution >= 4 is 107 Å². The Labute approximate surface area is 142 Å². The molecule has 0 atom stereocenters. The number of hydrogen-bond acceptors (Lipinski definition) is 0. The van der Waals surface area contributed by atoms with Gasteiger partial charge in [-0.2, -0.15) is 0 Å². The molecule has 0 saturated heterocycles. The van der Waals surface area contributed by atoms with Crippen molar-refractivity contribution < 1.29 is 39.4 Å². The molecular formula is BiFeKNaNb. The van der Waals surface area contributed by atoms with E-state index < -0.39 is 0 Å². The van der Waals surface area contributed by atoms with Crippen LogP contribution in [-0.2, 0) is 39.4 Å². The molecule has 0 aliphatic carbocycles. The Kier molecular flexibility index (Phi) is 154. The summed E-state index contributed by atoms with van der Waals surface area (Å²) in [6, 6.07) is 0. The van der Waals surface area contributed by atoms with Gasteiger partial charge in [0.25, 0.3) is 0 Å². The van der Waals surface area contributed by atoms with Crippen LogP contribution in [0.15, 0.2) is 0 Å². The SMILES string of the molecule is [Bi].[Fe].[K].[Na].[Nb]. The van der Waals surface area contributed by atoms with E-state index >= 15 is 0 Å². The van der Waals surface area contributed by atoms with E-state index in [2.05, 4.69) is 0 Å². The van der Waals surface area contributed by atoms with Gasteiger partial charge in [0, 0.05) is 147 Å². The summed E-state index contributed by atoms with van der Waals surface area (Å²) in [5.41, 5.74) is 0. The second-order valence-electron chi connectivity index (χ2n) is 0. The normalized spacial score (nSPS) is 0. The van der Waals surface area contributed by atoms with Crippen LogP contribution in [0.1, 0.15) is 0 Å². The summed E-state index contributed by atoms with van der Waals surface area (Å²) >= 11 is 0. The van der Waals surface area contributed by atoms with Crippen molar-refractivity contribution in [1.82, 2.24) is 0 Å². The third kappa shape index (κ3) is 17.7. The van der Waals surface area contributed by atoms with E-state index in [1.54, 1.807) is 0 Å². The van der Waals surface area contributed by atoms with Crippen molar-refractivity contribution in [3.05, 3.63) is 0 Å². The van der Waals surface area contributed by atoms with E-state index in [-0.39, 0.29) is 147 Å². The largest absolute Gasteiger partial charge is 0 e. The van der Waals surface area contributed by atoms with Crippen LogP contribution in [-0.4, -0.2) is 107 Å². The van der Waals surface area contributed by atoms with E-state index in [4.69, 9.17) is 0 Å². The number of hydrogen-bond donors (Lipinski definition) is 0. The molecule has 0 fully saturated rings. The summed E-state index contributed by atoms with van der Waals surface area (Å²) in [5, 5.41) is 0. The van der Waals surface area contributed by atoms with Crippen molar-refractivity contribution in [2.24, 2.45) is 0 Å². The van der Waals surface area contributed by atoms with E-state index in [0.717, 1.165) is 0 Å². The van der Waals surface area contributed by atoms with Crippen molar-refractivity contribution in [2.75, 3.05) is 0 Å². The molecule has 0 aliphatic rings. The molecule has 0 aliphatic heterocycles.